The van der Waals surface area contributed by atoms with Crippen molar-refractivity contribution in [1.29, 1.82) is 0 Å². The molecule has 0 bridgehead atoms. The zero-order chi connectivity index (χ0) is 11.3. The first-order chi connectivity index (χ1) is 7.15. The summed E-state index contributed by atoms with van der Waals surface area (Å²) in [7, 11) is 0. The van der Waals surface area contributed by atoms with Gasteiger partial charge in [0.2, 0.25) is 0 Å². The Bertz CT molecular complexity index is 355. The van der Waals surface area contributed by atoms with E-state index in [1.807, 2.05) is 12.3 Å². The molecule has 82 valence electrons. The number of aryl methyl sites for hydroxylation is 1. The average molecular weight is 226 g/mol. The summed E-state index contributed by atoms with van der Waals surface area (Å²) in [6, 6.07) is 5.21. The number of nitro groups is 1. The molecular formula is C10H14N2O2S. The number of rotatable bonds is 5. The van der Waals surface area contributed by atoms with E-state index in [9.17, 15) is 10.1 Å². The minimum absolute atomic E-state index is 0.171. The molecule has 5 heteroatoms. The molecule has 0 aliphatic rings. The monoisotopic (exact) mass is 226 g/mol. The van der Waals surface area contributed by atoms with E-state index in [-0.39, 0.29) is 10.6 Å². The van der Waals surface area contributed by atoms with Crippen LogP contribution in [0.25, 0.3) is 0 Å². The summed E-state index contributed by atoms with van der Waals surface area (Å²) < 4.78 is 0. The molecule has 1 rings (SSSR count). The maximum atomic E-state index is 10.7. The van der Waals surface area contributed by atoms with Gasteiger partial charge in [-0.05, 0) is 19.2 Å². The zero-order valence-corrected chi connectivity index (χ0v) is 9.63. The molecule has 1 aromatic rings. The van der Waals surface area contributed by atoms with Crippen molar-refractivity contribution < 1.29 is 4.92 Å². The molecule has 15 heavy (non-hydrogen) atoms. The second-order valence-electron chi connectivity index (χ2n) is 3.18. The van der Waals surface area contributed by atoms with E-state index in [0.29, 0.717) is 5.56 Å². The Hall–Kier alpha value is -1.23. The van der Waals surface area contributed by atoms with E-state index in [0.717, 1.165) is 18.0 Å². The van der Waals surface area contributed by atoms with Gasteiger partial charge in [0.1, 0.15) is 0 Å². The first-order valence-corrected chi connectivity index (χ1v) is 6.02. The fraction of sp³-hybridized carbons (Fsp3) is 0.400. The van der Waals surface area contributed by atoms with E-state index >= 15 is 0 Å². The van der Waals surface area contributed by atoms with Crippen molar-refractivity contribution in [2.45, 2.75) is 6.92 Å². The molecule has 0 aliphatic heterocycles. The molecule has 0 spiro atoms. The van der Waals surface area contributed by atoms with Crippen molar-refractivity contribution in [3.05, 3.63) is 33.9 Å². The lowest BCUT2D eigenvalue weighted by atomic mass is 10.2. The smallest absolute Gasteiger partial charge is 0.274 e. The van der Waals surface area contributed by atoms with E-state index < -0.39 is 0 Å². The third kappa shape index (κ3) is 3.43. The summed E-state index contributed by atoms with van der Waals surface area (Å²) in [4.78, 5) is 10.3. The molecule has 1 aromatic carbocycles. The number of nitrogens with one attached hydrogen (secondary N) is 1. The Labute approximate surface area is 93.2 Å². The Balaban J connectivity index is 2.74. The molecule has 0 saturated heterocycles. The van der Waals surface area contributed by atoms with Gasteiger partial charge in [0.25, 0.3) is 5.69 Å². The molecule has 0 radical (unpaired) electrons. The lowest BCUT2D eigenvalue weighted by Gasteiger charge is -2.05. The van der Waals surface area contributed by atoms with Crippen LogP contribution in [0, 0.1) is 17.0 Å². The molecule has 0 unspecified atom stereocenters. The van der Waals surface area contributed by atoms with Crippen LogP contribution in [0.4, 0.5) is 11.4 Å². The zero-order valence-electron chi connectivity index (χ0n) is 8.82. The molecular weight excluding hydrogens is 212 g/mol. The number of nitrogens with zero attached hydrogens (tertiary/aromatic N) is 1. The lowest BCUT2D eigenvalue weighted by molar-refractivity contribution is -0.385. The minimum Gasteiger partial charge on any atom is -0.384 e. The molecule has 4 nitrogen and oxygen atoms in total. The van der Waals surface area contributed by atoms with Crippen LogP contribution in [0.3, 0.4) is 0 Å². The van der Waals surface area contributed by atoms with Gasteiger partial charge < -0.3 is 5.32 Å². The number of thioether (sulfide) groups is 1. The van der Waals surface area contributed by atoms with Gasteiger partial charge in [-0.2, -0.15) is 11.8 Å². The topological polar surface area (TPSA) is 55.2 Å². The van der Waals surface area contributed by atoms with Crippen molar-refractivity contribution >= 4 is 23.1 Å². The standard InChI is InChI=1S/C10H14N2O2S/c1-8-3-4-9(11-5-6-15-2)7-10(8)12(13)14/h3-4,7,11H,5-6H2,1-2H3. The normalized spacial score (nSPS) is 10.0. The van der Waals surface area contributed by atoms with E-state index in [1.54, 1.807) is 30.8 Å². The lowest BCUT2D eigenvalue weighted by Crippen LogP contribution is -2.04. The van der Waals surface area contributed by atoms with Gasteiger partial charge in [0.05, 0.1) is 4.92 Å². The van der Waals surface area contributed by atoms with Crippen molar-refractivity contribution in [3.63, 3.8) is 0 Å². The SMILES string of the molecule is CSCCNc1ccc(C)c([N+](=O)[O-])c1. The molecule has 0 aromatic heterocycles. The molecule has 0 heterocycles. The molecule has 0 atom stereocenters. The second kappa shape index (κ2) is 5.60. The van der Waals surface area contributed by atoms with Crippen molar-refractivity contribution in [1.82, 2.24) is 0 Å². The first kappa shape index (κ1) is 11.8. The highest BCUT2D eigenvalue weighted by Crippen LogP contribution is 2.22. The van der Waals surface area contributed by atoms with Gasteiger partial charge >= 0.3 is 0 Å². The summed E-state index contributed by atoms with van der Waals surface area (Å²) in [6.45, 7) is 2.56. The van der Waals surface area contributed by atoms with Crippen molar-refractivity contribution in [2.75, 3.05) is 23.9 Å². The van der Waals surface area contributed by atoms with Gasteiger partial charge in [-0.25, -0.2) is 0 Å². The largest absolute Gasteiger partial charge is 0.384 e. The van der Waals surface area contributed by atoms with Crippen LogP contribution in [0.2, 0.25) is 0 Å². The average Bonchev–Trinajstić information content (AvgIpc) is 2.20. The number of hydrogen-bond donors (Lipinski definition) is 1. The summed E-state index contributed by atoms with van der Waals surface area (Å²) in [5, 5.41) is 13.8. The highest BCUT2D eigenvalue weighted by atomic mass is 32.2. The molecule has 0 amide bonds. The van der Waals surface area contributed by atoms with Gasteiger partial charge in [-0.1, -0.05) is 6.07 Å². The van der Waals surface area contributed by atoms with Crippen LogP contribution in [0.5, 0.6) is 0 Å². The maximum absolute atomic E-state index is 10.7. The second-order valence-corrected chi connectivity index (χ2v) is 4.16. The Morgan fingerprint density at radius 2 is 2.27 bits per heavy atom. The van der Waals surface area contributed by atoms with Crippen molar-refractivity contribution in [2.24, 2.45) is 0 Å². The highest BCUT2D eigenvalue weighted by molar-refractivity contribution is 7.98. The molecule has 0 aliphatic carbocycles. The van der Waals surface area contributed by atoms with Crippen LogP contribution in [-0.4, -0.2) is 23.5 Å². The van der Waals surface area contributed by atoms with Crippen LogP contribution in [0.15, 0.2) is 18.2 Å². The van der Waals surface area contributed by atoms with E-state index in [4.69, 9.17) is 0 Å². The number of benzene rings is 1. The quantitative estimate of drug-likeness (QED) is 0.476. The minimum atomic E-state index is -0.352. The summed E-state index contributed by atoms with van der Waals surface area (Å²) in [5.74, 6) is 0.988. The molecule has 0 fully saturated rings. The van der Waals surface area contributed by atoms with Crippen LogP contribution < -0.4 is 5.32 Å². The molecule has 1 N–H and O–H groups in total. The predicted octanol–water partition coefficient (Wildman–Crippen LogP) is 2.68. The van der Waals surface area contributed by atoms with Gasteiger partial charge in [-0.15, -0.1) is 0 Å². The van der Waals surface area contributed by atoms with Gasteiger partial charge in [0, 0.05) is 29.6 Å². The Kier molecular flexibility index (Phi) is 4.42. The Morgan fingerprint density at radius 3 is 2.87 bits per heavy atom. The number of nitro benzene ring substituents is 1. The maximum Gasteiger partial charge on any atom is 0.274 e. The summed E-state index contributed by atoms with van der Waals surface area (Å²) in [5.41, 5.74) is 1.67. The van der Waals surface area contributed by atoms with E-state index in [2.05, 4.69) is 5.32 Å². The highest BCUT2D eigenvalue weighted by Gasteiger charge is 2.10. The van der Waals surface area contributed by atoms with Crippen LogP contribution in [0.1, 0.15) is 5.56 Å². The van der Waals surface area contributed by atoms with Gasteiger partial charge in [-0.3, -0.25) is 10.1 Å². The third-order valence-corrected chi connectivity index (χ3v) is 2.65. The fourth-order valence-corrected chi connectivity index (χ4v) is 1.52. The first-order valence-electron chi connectivity index (χ1n) is 4.63. The number of anilines is 1. The van der Waals surface area contributed by atoms with Gasteiger partial charge in [0.15, 0.2) is 0 Å². The third-order valence-electron chi connectivity index (χ3n) is 2.04. The number of hydrogen-bond acceptors (Lipinski definition) is 4. The predicted molar refractivity (Wildman–Crippen MR) is 64.7 cm³/mol. The summed E-state index contributed by atoms with van der Waals surface area (Å²) in [6.07, 6.45) is 2.03. The van der Waals surface area contributed by atoms with Crippen molar-refractivity contribution in [3.8, 4) is 0 Å². The van der Waals surface area contributed by atoms with E-state index in [1.165, 1.54) is 0 Å². The fourth-order valence-electron chi connectivity index (χ4n) is 1.21. The van der Waals surface area contributed by atoms with Crippen LogP contribution in [-0.2, 0) is 0 Å². The van der Waals surface area contributed by atoms with Crippen LogP contribution >= 0.6 is 11.8 Å². The molecule has 0 saturated carbocycles. The Morgan fingerprint density at radius 1 is 1.53 bits per heavy atom. The summed E-state index contributed by atoms with van der Waals surface area (Å²) >= 11 is 1.74.